The average Bonchev–Trinajstić information content (AvgIpc) is 2.90. The summed E-state index contributed by atoms with van der Waals surface area (Å²) in [7, 11) is 1.53. The van der Waals surface area contributed by atoms with Crippen molar-refractivity contribution < 1.29 is 23.9 Å². The molecule has 0 fully saturated rings. The topological polar surface area (TPSA) is 104 Å². The number of ether oxygens (including phenoxy) is 3. The minimum Gasteiger partial charge on any atom is -0.491 e. The quantitative estimate of drug-likeness (QED) is 0.364. The third kappa shape index (κ3) is 3.34. The molecule has 0 bridgehead atoms. The fourth-order valence-corrected chi connectivity index (χ4v) is 1.99. The van der Waals surface area contributed by atoms with Crippen molar-refractivity contribution in [2.75, 3.05) is 26.9 Å². The van der Waals surface area contributed by atoms with Gasteiger partial charge in [-0.05, 0) is 19.1 Å². The number of aromatic amines is 1. The average molecular weight is 308 g/mol. The van der Waals surface area contributed by atoms with E-state index in [1.807, 2.05) is 0 Å². The van der Waals surface area contributed by atoms with Gasteiger partial charge >= 0.3 is 5.97 Å². The van der Waals surface area contributed by atoms with Gasteiger partial charge in [-0.2, -0.15) is 0 Å². The Balaban J connectivity index is 2.41. The molecule has 1 aromatic carbocycles. The number of nitrogens with zero attached hydrogens (tertiary/aromatic N) is 1. The van der Waals surface area contributed by atoms with Crippen LogP contribution in [-0.2, 0) is 9.47 Å². The number of nitro groups is 1. The van der Waals surface area contributed by atoms with Gasteiger partial charge in [-0.25, -0.2) is 4.79 Å². The first-order valence-electron chi connectivity index (χ1n) is 6.66. The molecule has 8 heteroatoms. The normalized spacial score (nSPS) is 10.6. The summed E-state index contributed by atoms with van der Waals surface area (Å²) in [4.78, 5) is 25.1. The van der Waals surface area contributed by atoms with Crippen molar-refractivity contribution in [3.05, 3.63) is 34.0 Å². The molecule has 2 aromatic rings. The molecular formula is C14H16N2O6. The van der Waals surface area contributed by atoms with Gasteiger partial charge < -0.3 is 19.2 Å². The molecule has 2 rings (SSSR count). The van der Waals surface area contributed by atoms with Crippen LogP contribution in [0.15, 0.2) is 18.2 Å². The number of non-ortho nitro benzene ring substituents is 1. The van der Waals surface area contributed by atoms with Crippen LogP contribution in [0.4, 0.5) is 5.69 Å². The number of nitrogens with one attached hydrogen (secondary N) is 1. The largest absolute Gasteiger partial charge is 0.491 e. The molecule has 0 aliphatic rings. The molecular weight excluding hydrogens is 292 g/mol. The zero-order valence-electron chi connectivity index (χ0n) is 12.3. The minimum absolute atomic E-state index is 0.161. The Morgan fingerprint density at radius 3 is 2.73 bits per heavy atom. The molecule has 0 radical (unpaired) electrons. The maximum Gasteiger partial charge on any atom is 0.354 e. The fraction of sp³-hybridized carbons (Fsp3) is 0.357. The van der Waals surface area contributed by atoms with E-state index >= 15 is 0 Å². The van der Waals surface area contributed by atoms with Crippen LogP contribution in [0.25, 0.3) is 10.9 Å². The molecule has 0 aliphatic heterocycles. The van der Waals surface area contributed by atoms with E-state index in [1.54, 1.807) is 13.0 Å². The van der Waals surface area contributed by atoms with Crippen molar-refractivity contribution in [2.24, 2.45) is 0 Å². The molecule has 0 atom stereocenters. The van der Waals surface area contributed by atoms with Gasteiger partial charge in [0.05, 0.1) is 24.2 Å². The monoisotopic (exact) mass is 308 g/mol. The third-order valence-electron chi connectivity index (χ3n) is 2.93. The highest BCUT2D eigenvalue weighted by atomic mass is 16.6. The lowest BCUT2D eigenvalue weighted by Crippen LogP contribution is -2.04. The molecule has 1 aromatic heterocycles. The van der Waals surface area contributed by atoms with Gasteiger partial charge in [-0.1, -0.05) is 0 Å². The van der Waals surface area contributed by atoms with Crippen molar-refractivity contribution >= 4 is 22.6 Å². The van der Waals surface area contributed by atoms with Crippen molar-refractivity contribution in [1.82, 2.24) is 4.98 Å². The van der Waals surface area contributed by atoms with E-state index in [9.17, 15) is 14.9 Å². The molecule has 118 valence electrons. The fourth-order valence-electron chi connectivity index (χ4n) is 1.99. The van der Waals surface area contributed by atoms with Crippen LogP contribution in [0.2, 0.25) is 0 Å². The maximum atomic E-state index is 11.7. The second-order valence-corrected chi connectivity index (χ2v) is 4.41. The van der Waals surface area contributed by atoms with Gasteiger partial charge in [0.1, 0.15) is 23.6 Å². The summed E-state index contributed by atoms with van der Waals surface area (Å²) in [5.41, 5.74) is 0.251. The van der Waals surface area contributed by atoms with Gasteiger partial charge in [0.15, 0.2) is 0 Å². The summed E-state index contributed by atoms with van der Waals surface area (Å²) < 4.78 is 15.1. The molecule has 1 N–H and O–H groups in total. The highest BCUT2D eigenvalue weighted by Crippen LogP contribution is 2.31. The molecule has 1 heterocycles. The number of methoxy groups -OCH3 is 1. The third-order valence-corrected chi connectivity index (χ3v) is 2.93. The summed E-state index contributed by atoms with van der Waals surface area (Å²) >= 11 is 0. The standard InChI is InChI=1S/C14H16N2O6/c1-3-21-14(17)11-7-9-6-10(22-5-4-20-2)8-12(16(18)19)13(9)15-11/h6-8,15H,3-5H2,1-2H3. The Morgan fingerprint density at radius 1 is 1.32 bits per heavy atom. The van der Waals surface area contributed by atoms with E-state index in [1.165, 1.54) is 19.2 Å². The number of nitro benzene ring substituents is 1. The summed E-state index contributed by atoms with van der Waals surface area (Å²) in [6, 6.07) is 4.43. The molecule has 0 amide bonds. The zero-order chi connectivity index (χ0) is 16.1. The summed E-state index contributed by atoms with van der Waals surface area (Å²) in [6.45, 7) is 2.55. The highest BCUT2D eigenvalue weighted by Gasteiger charge is 2.20. The van der Waals surface area contributed by atoms with Crippen molar-refractivity contribution in [1.29, 1.82) is 0 Å². The van der Waals surface area contributed by atoms with Crippen LogP contribution in [0.3, 0.4) is 0 Å². The van der Waals surface area contributed by atoms with Crippen LogP contribution >= 0.6 is 0 Å². The van der Waals surface area contributed by atoms with Gasteiger partial charge in [0.25, 0.3) is 5.69 Å². The summed E-state index contributed by atoms with van der Waals surface area (Å²) in [5.74, 6) is -0.222. The lowest BCUT2D eigenvalue weighted by Gasteiger charge is -2.05. The Kier molecular flexibility index (Phi) is 4.95. The Morgan fingerprint density at radius 2 is 2.09 bits per heavy atom. The van der Waals surface area contributed by atoms with E-state index in [4.69, 9.17) is 14.2 Å². The second kappa shape index (κ2) is 6.90. The van der Waals surface area contributed by atoms with Crippen molar-refractivity contribution in [3.63, 3.8) is 0 Å². The summed E-state index contributed by atoms with van der Waals surface area (Å²) in [5, 5.41) is 11.7. The van der Waals surface area contributed by atoms with E-state index in [-0.39, 0.29) is 30.1 Å². The number of esters is 1. The molecule has 0 saturated carbocycles. The number of aromatic nitrogens is 1. The van der Waals surface area contributed by atoms with Gasteiger partial charge in [0, 0.05) is 12.5 Å². The Bertz CT molecular complexity index is 694. The van der Waals surface area contributed by atoms with Gasteiger partial charge in [-0.15, -0.1) is 0 Å². The van der Waals surface area contributed by atoms with Crippen molar-refractivity contribution in [3.8, 4) is 5.75 Å². The first-order valence-corrected chi connectivity index (χ1v) is 6.66. The number of rotatable bonds is 7. The van der Waals surface area contributed by atoms with Gasteiger partial charge in [-0.3, -0.25) is 10.1 Å². The second-order valence-electron chi connectivity index (χ2n) is 4.41. The van der Waals surface area contributed by atoms with Crippen molar-refractivity contribution in [2.45, 2.75) is 6.92 Å². The van der Waals surface area contributed by atoms with Crippen LogP contribution in [-0.4, -0.2) is 42.8 Å². The smallest absolute Gasteiger partial charge is 0.354 e. The number of carbonyl (C=O) groups is 1. The molecule has 8 nitrogen and oxygen atoms in total. The zero-order valence-corrected chi connectivity index (χ0v) is 12.3. The summed E-state index contributed by atoms with van der Waals surface area (Å²) in [6.07, 6.45) is 0. The Hall–Kier alpha value is -2.61. The van der Waals surface area contributed by atoms with E-state index in [0.717, 1.165) is 0 Å². The van der Waals surface area contributed by atoms with E-state index < -0.39 is 10.9 Å². The molecule has 0 spiro atoms. The predicted molar refractivity (Wildman–Crippen MR) is 78.3 cm³/mol. The number of carbonyl (C=O) groups excluding carboxylic acids is 1. The SMILES string of the molecule is CCOC(=O)c1cc2cc(OCCOC)cc([N+](=O)[O-])c2[nH]1. The number of hydrogen-bond donors (Lipinski definition) is 1. The Labute approximate surface area is 126 Å². The van der Waals surface area contributed by atoms with E-state index in [2.05, 4.69) is 4.98 Å². The number of fused-ring (bicyclic) bond motifs is 1. The number of hydrogen-bond acceptors (Lipinski definition) is 6. The van der Waals surface area contributed by atoms with Crippen LogP contribution in [0, 0.1) is 10.1 Å². The molecule has 0 saturated heterocycles. The van der Waals surface area contributed by atoms with Crippen LogP contribution in [0.5, 0.6) is 5.75 Å². The molecule has 22 heavy (non-hydrogen) atoms. The van der Waals surface area contributed by atoms with E-state index in [0.29, 0.717) is 17.7 Å². The molecule has 0 aliphatic carbocycles. The number of benzene rings is 1. The van der Waals surface area contributed by atoms with Gasteiger partial charge in [0.2, 0.25) is 0 Å². The number of H-pyrrole nitrogens is 1. The first kappa shape index (κ1) is 15.8. The first-order chi connectivity index (χ1) is 10.6. The highest BCUT2D eigenvalue weighted by molar-refractivity contribution is 5.98. The van der Waals surface area contributed by atoms with Crippen LogP contribution in [0.1, 0.15) is 17.4 Å². The lowest BCUT2D eigenvalue weighted by molar-refractivity contribution is -0.383. The molecule has 0 unspecified atom stereocenters. The lowest BCUT2D eigenvalue weighted by atomic mass is 10.2. The van der Waals surface area contributed by atoms with Crippen LogP contribution < -0.4 is 4.74 Å². The predicted octanol–water partition coefficient (Wildman–Crippen LogP) is 2.28. The minimum atomic E-state index is -0.560. The maximum absolute atomic E-state index is 11.7.